The highest BCUT2D eigenvalue weighted by molar-refractivity contribution is 6.30. The Morgan fingerprint density at radius 1 is 0.909 bits per heavy atom. The number of Topliss-reactive ketones (excluding diaryl/α,β-unsaturated/α-hetero) is 1. The van der Waals surface area contributed by atoms with Gasteiger partial charge in [0.2, 0.25) is 5.91 Å². The summed E-state index contributed by atoms with van der Waals surface area (Å²) in [6.07, 6.45) is 12.3. The van der Waals surface area contributed by atoms with Crippen LogP contribution in [0.5, 0.6) is 0 Å². The van der Waals surface area contributed by atoms with Crippen LogP contribution in [-0.4, -0.2) is 66.8 Å². The molecule has 6 aliphatic rings. The smallest absolute Gasteiger partial charge is 0.306 e. The van der Waals surface area contributed by atoms with Crippen molar-refractivity contribution in [2.24, 2.45) is 34.5 Å². The van der Waals surface area contributed by atoms with Gasteiger partial charge in [0.15, 0.2) is 0 Å². The first kappa shape index (κ1) is 38.5. The number of nitrogens with zero attached hydrogens (tertiary/aromatic N) is 3. The van der Waals surface area contributed by atoms with Crippen LogP contribution in [-0.2, 0) is 25.5 Å². The summed E-state index contributed by atoms with van der Waals surface area (Å²) in [5.41, 5.74) is 8.03. The van der Waals surface area contributed by atoms with Gasteiger partial charge >= 0.3 is 5.97 Å². The number of anilines is 2. The third-order valence-electron chi connectivity index (χ3n) is 15.3. The minimum absolute atomic E-state index is 0.0386. The van der Waals surface area contributed by atoms with Crippen LogP contribution in [0.3, 0.4) is 0 Å². The molecule has 55 heavy (non-hydrogen) atoms. The largest absolute Gasteiger partial charge is 0.462 e. The van der Waals surface area contributed by atoms with Gasteiger partial charge in [-0.15, -0.1) is 0 Å². The number of halogens is 1. The molecule has 2 aromatic carbocycles. The van der Waals surface area contributed by atoms with Crippen LogP contribution in [0.1, 0.15) is 109 Å². The number of allylic oxidation sites excluding steroid dienone is 2. The van der Waals surface area contributed by atoms with Gasteiger partial charge in [-0.2, -0.15) is 0 Å². The van der Waals surface area contributed by atoms with E-state index in [0.29, 0.717) is 35.0 Å². The summed E-state index contributed by atoms with van der Waals surface area (Å²) in [7, 11) is 2.17. The molecule has 2 aromatic rings. The molecule has 8 heteroatoms. The van der Waals surface area contributed by atoms with E-state index in [1.807, 2.05) is 35.2 Å². The molecular formula is C47H60ClN3O4. The zero-order chi connectivity index (χ0) is 38.6. The van der Waals surface area contributed by atoms with Gasteiger partial charge in [0, 0.05) is 61.2 Å². The van der Waals surface area contributed by atoms with Crippen LogP contribution in [0.4, 0.5) is 11.4 Å². The summed E-state index contributed by atoms with van der Waals surface area (Å²) in [6.45, 7) is 12.7. The molecule has 8 rings (SSSR count). The predicted octanol–water partition coefficient (Wildman–Crippen LogP) is 9.79. The Kier molecular flexibility index (Phi) is 10.6. The average Bonchev–Trinajstić information content (AvgIpc) is 3.53. The Labute approximate surface area is 333 Å². The van der Waals surface area contributed by atoms with E-state index in [1.165, 1.54) is 29.7 Å². The minimum Gasteiger partial charge on any atom is -0.462 e. The van der Waals surface area contributed by atoms with Crippen molar-refractivity contribution in [1.29, 1.82) is 0 Å². The highest BCUT2D eigenvalue weighted by atomic mass is 35.5. The van der Waals surface area contributed by atoms with Gasteiger partial charge in [-0.25, -0.2) is 0 Å². The van der Waals surface area contributed by atoms with Crippen molar-refractivity contribution >= 4 is 46.3 Å². The Hall–Kier alpha value is -3.42. The molecule has 1 saturated heterocycles. The van der Waals surface area contributed by atoms with E-state index < -0.39 is 0 Å². The number of hydrogen-bond donors (Lipinski definition) is 0. The number of likely N-dealkylation sites (N-methyl/N-ethyl adjacent to an activating group) is 1. The number of carbonyl (C=O) groups is 3. The molecule has 7 nitrogen and oxygen atoms in total. The van der Waals surface area contributed by atoms with Gasteiger partial charge in [0.25, 0.3) is 0 Å². The van der Waals surface area contributed by atoms with Gasteiger partial charge < -0.3 is 14.5 Å². The Morgan fingerprint density at radius 2 is 1.69 bits per heavy atom. The van der Waals surface area contributed by atoms with E-state index >= 15 is 0 Å². The highest BCUT2D eigenvalue weighted by Crippen LogP contribution is 2.66. The maximum atomic E-state index is 14.5. The van der Waals surface area contributed by atoms with Crippen LogP contribution < -0.4 is 4.90 Å². The number of carbonyl (C=O) groups excluding carboxylic acids is 3. The number of esters is 1. The lowest BCUT2D eigenvalue weighted by Gasteiger charge is -2.58. The molecule has 3 saturated carbocycles. The summed E-state index contributed by atoms with van der Waals surface area (Å²) in [6, 6.07) is 14.1. The molecule has 4 aliphatic carbocycles. The number of fused-ring (bicyclic) bond motifs is 7. The van der Waals surface area contributed by atoms with Crippen molar-refractivity contribution in [3.05, 3.63) is 75.8 Å². The second-order valence-corrected chi connectivity index (χ2v) is 18.6. The first-order valence-electron chi connectivity index (χ1n) is 21.2. The first-order chi connectivity index (χ1) is 26.4. The van der Waals surface area contributed by atoms with Crippen LogP contribution in [0.2, 0.25) is 5.02 Å². The van der Waals surface area contributed by atoms with E-state index in [9.17, 15) is 14.4 Å². The lowest BCUT2D eigenvalue weighted by Crippen LogP contribution is -2.51. The van der Waals surface area contributed by atoms with E-state index in [1.54, 1.807) is 6.92 Å². The molecule has 2 heterocycles. The summed E-state index contributed by atoms with van der Waals surface area (Å²) in [5, 5.41) is 0.648. The van der Waals surface area contributed by atoms with Crippen LogP contribution in [0, 0.1) is 34.5 Å². The summed E-state index contributed by atoms with van der Waals surface area (Å²) in [4.78, 5) is 47.3. The number of ketones is 1. The molecule has 0 N–H and O–H groups in total. The topological polar surface area (TPSA) is 70.2 Å². The molecule has 0 radical (unpaired) electrons. The van der Waals surface area contributed by atoms with Gasteiger partial charge in [0.1, 0.15) is 11.9 Å². The molecule has 7 atom stereocenters. The van der Waals surface area contributed by atoms with E-state index in [0.717, 1.165) is 93.6 Å². The van der Waals surface area contributed by atoms with Crippen LogP contribution in [0.15, 0.2) is 59.7 Å². The Bertz CT molecular complexity index is 1910. The van der Waals surface area contributed by atoms with Crippen molar-refractivity contribution in [2.75, 3.05) is 38.1 Å². The van der Waals surface area contributed by atoms with Crippen molar-refractivity contribution in [1.82, 2.24) is 9.80 Å². The lowest BCUT2D eigenvalue weighted by atomic mass is 9.47. The molecule has 0 bridgehead atoms. The summed E-state index contributed by atoms with van der Waals surface area (Å²) in [5.74, 6) is 2.07. The van der Waals surface area contributed by atoms with Gasteiger partial charge in [-0.05, 0) is 136 Å². The van der Waals surface area contributed by atoms with E-state index in [4.69, 9.17) is 16.3 Å². The number of amides is 1. The monoisotopic (exact) mass is 765 g/mol. The van der Waals surface area contributed by atoms with E-state index in [-0.39, 0.29) is 47.6 Å². The summed E-state index contributed by atoms with van der Waals surface area (Å²) < 4.78 is 6.19. The maximum absolute atomic E-state index is 14.5. The molecule has 294 valence electrons. The summed E-state index contributed by atoms with van der Waals surface area (Å²) >= 11 is 6.60. The standard InChI is InChI=1S/C47H60ClN3O4/c1-6-31-27-32-28-34(48)12-16-41(32)51(42-10-8-7-9-37(42)45(31)50-25-23-49(5)24-26-50)43(53)17-18-44(54)55-35-19-21-46(3)33(29-35)11-13-36-39-15-14-38(30(2)52)47(39,4)22-20-40(36)46/h7-12,16,28,35-36,38-40H,6,13-15,17-27,29H2,1-5H3. The zero-order valence-electron chi connectivity index (χ0n) is 33.7. The molecule has 7 unspecified atom stereocenters. The van der Waals surface area contributed by atoms with Crippen molar-refractivity contribution < 1.29 is 19.1 Å². The lowest BCUT2D eigenvalue weighted by molar-refractivity contribution is -0.152. The predicted molar refractivity (Wildman–Crippen MR) is 220 cm³/mol. The number of benzene rings is 2. The van der Waals surface area contributed by atoms with Gasteiger partial charge in [-0.1, -0.05) is 62.2 Å². The third-order valence-corrected chi connectivity index (χ3v) is 15.5. The van der Waals surface area contributed by atoms with Crippen molar-refractivity contribution in [3.8, 4) is 0 Å². The molecular weight excluding hydrogens is 706 g/mol. The molecule has 0 spiro atoms. The quantitative estimate of drug-likeness (QED) is 0.207. The number of para-hydroxylation sites is 1. The van der Waals surface area contributed by atoms with Crippen molar-refractivity contribution in [2.45, 2.75) is 111 Å². The average molecular weight is 766 g/mol. The Morgan fingerprint density at radius 3 is 2.45 bits per heavy atom. The minimum atomic E-state index is -0.297. The molecule has 0 aromatic heterocycles. The number of ether oxygens (including phenoxy) is 1. The number of hydrogen-bond acceptors (Lipinski definition) is 6. The van der Waals surface area contributed by atoms with Crippen LogP contribution in [0.25, 0.3) is 5.70 Å². The zero-order valence-corrected chi connectivity index (χ0v) is 34.4. The normalized spacial score (nSPS) is 31.9. The maximum Gasteiger partial charge on any atom is 0.306 e. The number of piperazine rings is 1. The second-order valence-electron chi connectivity index (χ2n) is 18.2. The fraction of sp³-hybridized carbons (Fsp3) is 0.596. The molecule has 2 aliphatic heterocycles. The second kappa shape index (κ2) is 15.2. The highest BCUT2D eigenvalue weighted by Gasteiger charge is 2.59. The first-order valence-corrected chi connectivity index (χ1v) is 21.5. The molecule has 4 fully saturated rings. The van der Waals surface area contributed by atoms with E-state index in [2.05, 4.69) is 55.8 Å². The number of rotatable bonds is 7. The Balaban J connectivity index is 0.976. The van der Waals surface area contributed by atoms with Gasteiger partial charge in [-0.3, -0.25) is 19.3 Å². The fourth-order valence-electron chi connectivity index (χ4n) is 12.4. The SMILES string of the molecule is CCC1=C(N2CCN(C)CC2)c2ccccc2N(C(=O)CCC(=O)OC2CCC3(C)C(=CCC4C3CCC3(C)C(C(C)=O)CCC43)C2)c2ccc(Cl)cc2C1. The fourth-order valence-corrected chi connectivity index (χ4v) is 12.6. The molecule has 1 amide bonds. The third kappa shape index (κ3) is 6.89. The van der Waals surface area contributed by atoms with Crippen molar-refractivity contribution in [3.63, 3.8) is 0 Å². The van der Waals surface area contributed by atoms with Crippen LogP contribution >= 0.6 is 11.6 Å². The van der Waals surface area contributed by atoms with Gasteiger partial charge in [0.05, 0.1) is 17.8 Å².